The minimum Gasteiger partial charge on any atom is -0.497 e. The number of hydrogen-bond donors (Lipinski definition) is 1. The van der Waals surface area contributed by atoms with Gasteiger partial charge in [-0.2, -0.15) is 0 Å². The van der Waals surface area contributed by atoms with E-state index in [1.807, 2.05) is 0 Å². The summed E-state index contributed by atoms with van der Waals surface area (Å²) in [6.45, 7) is -0.122. The maximum atomic E-state index is 12.5. The van der Waals surface area contributed by atoms with Crippen LogP contribution in [0.25, 0.3) is 0 Å². The number of likely N-dealkylation sites (N-methyl/N-ethyl adjacent to an activating group) is 1. The van der Waals surface area contributed by atoms with Crippen molar-refractivity contribution in [3.63, 3.8) is 0 Å². The fraction of sp³-hybridized carbons (Fsp3) is 0.176. The molecule has 2 rings (SSSR count). The van der Waals surface area contributed by atoms with E-state index in [1.54, 1.807) is 43.4 Å². The smallest absolute Gasteiger partial charge is 0.255 e. The SMILES string of the molecule is COc1ccc(Br)c(C(=O)N(C)CC(=O)Nc2ccc(Cl)c(Cl)c2)c1. The number of nitrogens with one attached hydrogen (secondary N) is 1. The fourth-order valence-corrected chi connectivity index (χ4v) is 2.78. The van der Waals surface area contributed by atoms with Gasteiger partial charge in [0.2, 0.25) is 5.91 Å². The van der Waals surface area contributed by atoms with Crippen LogP contribution in [0, 0.1) is 0 Å². The maximum Gasteiger partial charge on any atom is 0.255 e. The van der Waals surface area contributed by atoms with E-state index in [-0.39, 0.29) is 18.4 Å². The molecule has 0 radical (unpaired) electrons. The molecule has 8 heteroatoms. The zero-order chi connectivity index (χ0) is 18.6. The highest BCUT2D eigenvalue weighted by atomic mass is 79.9. The molecule has 0 bridgehead atoms. The second kappa shape index (κ2) is 8.56. The summed E-state index contributed by atoms with van der Waals surface area (Å²) in [6.07, 6.45) is 0. The summed E-state index contributed by atoms with van der Waals surface area (Å²) in [5.41, 5.74) is 0.909. The third-order valence-electron chi connectivity index (χ3n) is 3.33. The number of carbonyl (C=O) groups excluding carboxylic acids is 2. The average Bonchev–Trinajstić information content (AvgIpc) is 2.58. The van der Waals surface area contributed by atoms with Gasteiger partial charge in [0.25, 0.3) is 5.91 Å². The number of methoxy groups -OCH3 is 1. The molecule has 0 unspecified atom stereocenters. The lowest BCUT2D eigenvalue weighted by molar-refractivity contribution is -0.116. The number of ether oxygens (including phenoxy) is 1. The number of anilines is 1. The second-order valence-electron chi connectivity index (χ2n) is 5.18. The van der Waals surface area contributed by atoms with Crippen LogP contribution < -0.4 is 10.1 Å². The zero-order valence-corrected chi connectivity index (χ0v) is 16.6. The summed E-state index contributed by atoms with van der Waals surface area (Å²) in [5.74, 6) is -0.108. The molecule has 0 saturated heterocycles. The van der Waals surface area contributed by atoms with Crippen molar-refractivity contribution >= 4 is 56.6 Å². The monoisotopic (exact) mass is 444 g/mol. The Bertz CT molecular complexity index is 814. The highest BCUT2D eigenvalue weighted by Crippen LogP contribution is 2.25. The normalized spacial score (nSPS) is 10.3. The Morgan fingerprint density at radius 3 is 2.52 bits per heavy atom. The van der Waals surface area contributed by atoms with E-state index in [1.165, 1.54) is 12.0 Å². The molecule has 2 aromatic rings. The average molecular weight is 446 g/mol. The lowest BCUT2D eigenvalue weighted by Gasteiger charge is -2.18. The van der Waals surface area contributed by atoms with Gasteiger partial charge in [-0.05, 0) is 52.3 Å². The number of hydrogen-bond acceptors (Lipinski definition) is 3. The number of nitrogens with zero attached hydrogens (tertiary/aromatic N) is 1. The molecule has 2 amide bonds. The molecule has 0 fully saturated rings. The van der Waals surface area contributed by atoms with Gasteiger partial charge in [0, 0.05) is 17.2 Å². The van der Waals surface area contributed by atoms with E-state index in [0.29, 0.717) is 31.5 Å². The van der Waals surface area contributed by atoms with Gasteiger partial charge in [-0.3, -0.25) is 9.59 Å². The van der Waals surface area contributed by atoms with E-state index in [4.69, 9.17) is 27.9 Å². The standard InChI is InChI=1S/C17H15BrCl2N2O3/c1-22(17(24)12-8-11(25-2)4-5-13(12)18)9-16(23)21-10-3-6-14(19)15(20)7-10/h3-8H,9H2,1-2H3,(H,21,23). The minimum absolute atomic E-state index is 0.122. The summed E-state index contributed by atoms with van der Waals surface area (Å²) >= 11 is 15.1. The maximum absolute atomic E-state index is 12.5. The van der Waals surface area contributed by atoms with Crippen LogP contribution in [0.2, 0.25) is 10.0 Å². The van der Waals surface area contributed by atoms with Crippen LogP contribution in [0.5, 0.6) is 5.75 Å². The molecule has 0 aliphatic rings. The predicted molar refractivity (Wildman–Crippen MR) is 103 cm³/mol. The van der Waals surface area contributed by atoms with Crippen LogP contribution in [0.15, 0.2) is 40.9 Å². The highest BCUT2D eigenvalue weighted by molar-refractivity contribution is 9.10. The van der Waals surface area contributed by atoms with Crippen LogP contribution in [0.3, 0.4) is 0 Å². The van der Waals surface area contributed by atoms with Crippen molar-refractivity contribution in [1.82, 2.24) is 4.90 Å². The third kappa shape index (κ3) is 5.11. The summed E-state index contributed by atoms with van der Waals surface area (Å²) < 4.78 is 5.75. The first kappa shape index (κ1) is 19.6. The van der Waals surface area contributed by atoms with Crippen LogP contribution >= 0.6 is 39.1 Å². The van der Waals surface area contributed by atoms with Crippen LogP contribution in [-0.4, -0.2) is 37.4 Å². The molecule has 132 valence electrons. The number of halogens is 3. The quantitative estimate of drug-likeness (QED) is 0.738. The Morgan fingerprint density at radius 2 is 1.88 bits per heavy atom. The van der Waals surface area contributed by atoms with Gasteiger partial charge < -0.3 is 15.0 Å². The molecule has 0 aliphatic carbocycles. The molecule has 0 aliphatic heterocycles. The number of carbonyl (C=O) groups is 2. The van der Waals surface area contributed by atoms with Gasteiger partial charge in [0.05, 0.1) is 29.3 Å². The molecule has 5 nitrogen and oxygen atoms in total. The Morgan fingerprint density at radius 1 is 1.16 bits per heavy atom. The van der Waals surface area contributed by atoms with Crippen LogP contribution in [0.1, 0.15) is 10.4 Å². The number of benzene rings is 2. The molecule has 0 spiro atoms. The zero-order valence-electron chi connectivity index (χ0n) is 13.5. The first-order valence-corrected chi connectivity index (χ1v) is 8.70. The van der Waals surface area contributed by atoms with E-state index < -0.39 is 0 Å². The molecule has 25 heavy (non-hydrogen) atoms. The Hall–Kier alpha value is -1.76. The fourth-order valence-electron chi connectivity index (χ4n) is 2.06. The largest absolute Gasteiger partial charge is 0.497 e. The molecule has 2 aromatic carbocycles. The van der Waals surface area contributed by atoms with E-state index >= 15 is 0 Å². The molecule has 0 saturated carbocycles. The van der Waals surface area contributed by atoms with E-state index in [0.717, 1.165) is 0 Å². The summed E-state index contributed by atoms with van der Waals surface area (Å²) in [5, 5.41) is 3.41. The lowest BCUT2D eigenvalue weighted by atomic mass is 10.2. The first-order chi connectivity index (χ1) is 11.8. The Kier molecular flexibility index (Phi) is 6.70. The van der Waals surface area contributed by atoms with Gasteiger partial charge in [-0.25, -0.2) is 0 Å². The summed E-state index contributed by atoms with van der Waals surface area (Å²) in [4.78, 5) is 26.0. The third-order valence-corrected chi connectivity index (χ3v) is 4.77. The summed E-state index contributed by atoms with van der Waals surface area (Å²) in [6, 6.07) is 9.82. The van der Waals surface area contributed by atoms with Crippen molar-refractivity contribution in [1.29, 1.82) is 0 Å². The van der Waals surface area contributed by atoms with Crippen molar-refractivity contribution in [2.45, 2.75) is 0 Å². The molecule has 1 N–H and O–H groups in total. The topological polar surface area (TPSA) is 58.6 Å². The molecule has 0 heterocycles. The van der Waals surface area contributed by atoms with Crippen molar-refractivity contribution in [3.8, 4) is 5.75 Å². The van der Waals surface area contributed by atoms with Gasteiger partial charge in [0.1, 0.15) is 5.75 Å². The lowest BCUT2D eigenvalue weighted by Crippen LogP contribution is -2.35. The Labute approximate surface area is 164 Å². The van der Waals surface area contributed by atoms with Crippen molar-refractivity contribution in [2.75, 3.05) is 26.0 Å². The van der Waals surface area contributed by atoms with Crippen LogP contribution in [-0.2, 0) is 4.79 Å². The van der Waals surface area contributed by atoms with Crippen molar-refractivity contribution in [2.24, 2.45) is 0 Å². The molecular weight excluding hydrogens is 431 g/mol. The predicted octanol–water partition coefficient (Wildman–Crippen LogP) is 4.48. The van der Waals surface area contributed by atoms with Gasteiger partial charge in [0.15, 0.2) is 0 Å². The van der Waals surface area contributed by atoms with E-state index in [2.05, 4.69) is 21.2 Å². The van der Waals surface area contributed by atoms with Gasteiger partial charge in [-0.1, -0.05) is 23.2 Å². The van der Waals surface area contributed by atoms with Crippen molar-refractivity contribution in [3.05, 3.63) is 56.5 Å². The number of rotatable bonds is 5. The Balaban J connectivity index is 2.05. The molecular formula is C17H15BrCl2N2O3. The van der Waals surface area contributed by atoms with Crippen LogP contribution in [0.4, 0.5) is 5.69 Å². The molecule has 0 aromatic heterocycles. The highest BCUT2D eigenvalue weighted by Gasteiger charge is 2.18. The van der Waals surface area contributed by atoms with Gasteiger partial charge in [-0.15, -0.1) is 0 Å². The van der Waals surface area contributed by atoms with E-state index in [9.17, 15) is 9.59 Å². The second-order valence-corrected chi connectivity index (χ2v) is 6.85. The van der Waals surface area contributed by atoms with Crippen molar-refractivity contribution < 1.29 is 14.3 Å². The summed E-state index contributed by atoms with van der Waals surface area (Å²) in [7, 11) is 3.06. The first-order valence-electron chi connectivity index (χ1n) is 7.15. The molecule has 0 atom stereocenters. The number of amides is 2. The minimum atomic E-state index is -0.353. The van der Waals surface area contributed by atoms with Gasteiger partial charge >= 0.3 is 0 Å².